The number of phenolic OH excluding ortho intramolecular Hbond substituents is 2. The second-order valence-corrected chi connectivity index (χ2v) is 6.49. The van der Waals surface area contributed by atoms with E-state index >= 15 is 0 Å². The van der Waals surface area contributed by atoms with Gasteiger partial charge in [0.1, 0.15) is 34.5 Å². The molecule has 2 N–H and O–H groups in total. The number of allylic oxidation sites excluding steroid dienone is 1. The Hall–Kier alpha value is -3.55. The maximum Gasteiger partial charge on any atom is 0.211 e. The van der Waals surface area contributed by atoms with Gasteiger partial charge in [-0.05, 0) is 19.9 Å². The summed E-state index contributed by atoms with van der Waals surface area (Å²) in [5, 5.41) is 20.9. The summed E-state index contributed by atoms with van der Waals surface area (Å²) in [5.41, 5.74) is 0.309. The molecule has 0 aliphatic heterocycles. The lowest BCUT2D eigenvalue weighted by atomic mass is 10.1. The second-order valence-electron chi connectivity index (χ2n) is 6.49. The van der Waals surface area contributed by atoms with E-state index in [0.717, 1.165) is 5.57 Å². The van der Waals surface area contributed by atoms with Gasteiger partial charge in [0.15, 0.2) is 11.3 Å². The first-order chi connectivity index (χ1) is 13.8. The monoisotopic (exact) mass is 402 g/mol. The van der Waals surface area contributed by atoms with Gasteiger partial charge in [-0.25, -0.2) is 0 Å². The van der Waals surface area contributed by atoms with Gasteiger partial charge in [0.25, 0.3) is 0 Å². The van der Waals surface area contributed by atoms with E-state index in [1.165, 1.54) is 33.5 Å². The lowest BCUT2D eigenvalue weighted by molar-refractivity contribution is 0.300. The van der Waals surface area contributed by atoms with Crippen molar-refractivity contribution in [3.05, 3.63) is 34.0 Å². The van der Waals surface area contributed by atoms with Crippen LogP contribution >= 0.6 is 0 Å². The van der Waals surface area contributed by atoms with Crippen LogP contribution in [0.25, 0.3) is 21.9 Å². The quantitative estimate of drug-likeness (QED) is 0.474. The third-order valence-corrected chi connectivity index (χ3v) is 4.38. The van der Waals surface area contributed by atoms with E-state index in [2.05, 4.69) is 0 Å². The number of aromatic hydroxyl groups is 2. The molecule has 0 saturated heterocycles. The Morgan fingerprint density at radius 1 is 1.00 bits per heavy atom. The molecule has 0 unspecified atom stereocenters. The zero-order valence-corrected chi connectivity index (χ0v) is 16.8. The summed E-state index contributed by atoms with van der Waals surface area (Å²) in [6.07, 6.45) is 1.82. The average Bonchev–Trinajstić information content (AvgIpc) is 2.68. The van der Waals surface area contributed by atoms with Crippen LogP contribution in [0.5, 0.6) is 34.5 Å². The zero-order chi connectivity index (χ0) is 21.3. The highest BCUT2D eigenvalue weighted by molar-refractivity contribution is 6.01. The van der Waals surface area contributed by atoms with Crippen molar-refractivity contribution < 1.29 is 33.6 Å². The predicted molar refractivity (Wildman–Crippen MR) is 108 cm³/mol. The Balaban J connectivity index is 2.48. The van der Waals surface area contributed by atoms with Crippen LogP contribution in [0.15, 0.2) is 33.0 Å². The number of ether oxygens (including phenoxy) is 4. The fraction of sp³-hybridized carbons (Fsp3) is 0.286. The molecule has 1 heterocycles. The highest BCUT2D eigenvalue weighted by atomic mass is 16.5. The molecule has 0 radical (unpaired) electrons. The number of benzene rings is 2. The molecular weight excluding hydrogens is 380 g/mol. The SMILES string of the molecule is COc1cc(O)c2c(=O)c3c(OCC=C(C)C)c(OC)c(OC)c(O)c3oc2c1. The van der Waals surface area contributed by atoms with Crippen molar-refractivity contribution in [1.82, 2.24) is 0 Å². The molecule has 0 aliphatic rings. The Labute approximate surface area is 166 Å². The van der Waals surface area contributed by atoms with Crippen LogP contribution in [-0.2, 0) is 0 Å². The van der Waals surface area contributed by atoms with Gasteiger partial charge in [0.05, 0.1) is 21.3 Å². The van der Waals surface area contributed by atoms with E-state index < -0.39 is 11.2 Å². The molecule has 0 bridgehead atoms. The first-order valence-electron chi connectivity index (χ1n) is 8.74. The van der Waals surface area contributed by atoms with E-state index in [4.69, 9.17) is 23.4 Å². The Bertz CT molecular complexity index is 1170. The Morgan fingerprint density at radius 2 is 1.69 bits per heavy atom. The van der Waals surface area contributed by atoms with E-state index in [1.807, 2.05) is 19.9 Å². The highest BCUT2D eigenvalue weighted by Gasteiger charge is 2.28. The van der Waals surface area contributed by atoms with Crippen molar-refractivity contribution in [1.29, 1.82) is 0 Å². The lowest BCUT2D eigenvalue weighted by Crippen LogP contribution is -2.08. The average molecular weight is 402 g/mol. The predicted octanol–water partition coefficient (Wildman–Crippen LogP) is 3.73. The summed E-state index contributed by atoms with van der Waals surface area (Å²) >= 11 is 0. The molecule has 154 valence electrons. The summed E-state index contributed by atoms with van der Waals surface area (Å²) in [4.78, 5) is 13.3. The summed E-state index contributed by atoms with van der Waals surface area (Å²) < 4.78 is 27.3. The molecule has 1 aromatic heterocycles. The molecule has 2 aromatic carbocycles. The van der Waals surface area contributed by atoms with E-state index in [-0.39, 0.29) is 57.3 Å². The summed E-state index contributed by atoms with van der Waals surface area (Å²) in [6.45, 7) is 3.96. The summed E-state index contributed by atoms with van der Waals surface area (Å²) in [7, 11) is 4.12. The minimum atomic E-state index is -0.593. The van der Waals surface area contributed by atoms with Crippen LogP contribution in [0, 0.1) is 0 Å². The second kappa shape index (κ2) is 7.83. The molecule has 0 atom stereocenters. The minimum absolute atomic E-state index is 0.0390. The minimum Gasteiger partial charge on any atom is -0.507 e. The van der Waals surface area contributed by atoms with E-state index in [1.54, 1.807) is 0 Å². The van der Waals surface area contributed by atoms with Gasteiger partial charge in [-0.1, -0.05) is 5.57 Å². The normalized spacial score (nSPS) is 10.8. The number of rotatable bonds is 6. The lowest BCUT2D eigenvalue weighted by Gasteiger charge is -2.17. The van der Waals surface area contributed by atoms with Gasteiger partial charge < -0.3 is 33.6 Å². The van der Waals surface area contributed by atoms with Crippen molar-refractivity contribution in [2.24, 2.45) is 0 Å². The largest absolute Gasteiger partial charge is 0.507 e. The fourth-order valence-corrected chi connectivity index (χ4v) is 3.00. The molecule has 0 aliphatic carbocycles. The van der Waals surface area contributed by atoms with Crippen molar-refractivity contribution in [3.8, 4) is 34.5 Å². The third-order valence-electron chi connectivity index (χ3n) is 4.38. The maximum atomic E-state index is 13.3. The number of fused-ring (bicyclic) bond motifs is 2. The van der Waals surface area contributed by atoms with Crippen molar-refractivity contribution in [2.45, 2.75) is 13.8 Å². The highest BCUT2D eigenvalue weighted by Crippen LogP contribution is 2.50. The van der Waals surface area contributed by atoms with Crippen LogP contribution < -0.4 is 24.4 Å². The van der Waals surface area contributed by atoms with Crippen LogP contribution in [0.4, 0.5) is 0 Å². The molecule has 3 rings (SSSR count). The summed E-state index contributed by atoms with van der Waals surface area (Å²) in [6, 6.07) is 2.74. The van der Waals surface area contributed by atoms with Gasteiger partial charge in [-0.2, -0.15) is 0 Å². The zero-order valence-electron chi connectivity index (χ0n) is 16.8. The van der Waals surface area contributed by atoms with Gasteiger partial charge in [-0.15, -0.1) is 0 Å². The van der Waals surface area contributed by atoms with Gasteiger partial charge in [0, 0.05) is 12.1 Å². The fourth-order valence-electron chi connectivity index (χ4n) is 3.00. The van der Waals surface area contributed by atoms with Crippen LogP contribution in [0.3, 0.4) is 0 Å². The van der Waals surface area contributed by atoms with Crippen molar-refractivity contribution in [2.75, 3.05) is 27.9 Å². The van der Waals surface area contributed by atoms with Crippen LogP contribution in [-0.4, -0.2) is 38.1 Å². The standard InChI is InChI=1S/C21H22O8/c1-10(2)6-7-28-19-15-16(23)14-12(22)8-11(25-3)9-13(14)29-18(15)17(24)20(26-4)21(19)27-5/h6,8-9,22,24H,7H2,1-5H3. The Kier molecular flexibility index (Phi) is 5.45. The molecule has 3 aromatic rings. The molecule has 29 heavy (non-hydrogen) atoms. The first kappa shape index (κ1) is 20.2. The van der Waals surface area contributed by atoms with E-state index in [9.17, 15) is 15.0 Å². The third kappa shape index (κ3) is 3.37. The Morgan fingerprint density at radius 3 is 2.28 bits per heavy atom. The molecule has 8 heteroatoms. The number of phenols is 2. The van der Waals surface area contributed by atoms with E-state index in [0.29, 0.717) is 0 Å². The van der Waals surface area contributed by atoms with Crippen molar-refractivity contribution >= 4 is 21.9 Å². The summed E-state index contributed by atoms with van der Waals surface area (Å²) in [5.74, 6) is -0.408. The topological polar surface area (TPSA) is 108 Å². The molecule has 0 spiro atoms. The molecular formula is C21H22O8. The molecule has 0 amide bonds. The van der Waals surface area contributed by atoms with Crippen molar-refractivity contribution in [3.63, 3.8) is 0 Å². The van der Waals surface area contributed by atoms with Crippen LogP contribution in [0.2, 0.25) is 0 Å². The van der Waals surface area contributed by atoms with Gasteiger partial charge in [0.2, 0.25) is 22.7 Å². The van der Waals surface area contributed by atoms with Crippen LogP contribution in [0.1, 0.15) is 13.8 Å². The molecule has 0 saturated carbocycles. The number of hydrogen-bond donors (Lipinski definition) is 2. The smallest absolute Gasteiger partial charge is 0.211 e. The number of hydrogen-bond acceptors (Lipinski definition) is 8. The number of methoxy groups -OCH3 is 3. The maximum absolute atomic E-state index is 13.3. The van der Waals surface area contributed by atoms with Gasteiger partial charge in [-0.3, -0.25) is 4.79 Å². The molecule has 0 fully saturated rings. The first-order valence-corrected chi connectivity index (χ1v) is 8.74. The molecule has 8 nitrogen and oxygen atoms in total. The van der Waals surface area contributed by atoms with Gasteiger partial charge >= 0.3 is 0 Å².